The highest BCUT2D eigenvalue weighted by atomic mass is 16.7. The second-order valence-corrected chi connectivity index (χ2v) is 6.27. The molecule has 0 aliphatic carbocycles. The van der Waals surface area contributed by atoms with Crippen molar-refractivity contribution >= 4 is 0 Å². The van der Waals surface area contributed by atoms with Gasteiger partial charge in [-0.2, -0.15) is 0 Å². The van der Waals surface area contributed by atoms with Gasteiger partial charge < -0.3 is 14.2 Å². The molecule has 2 atom stereocenters. The van der Waals surface area contributed by atoms with Crippen molar-refractivity contribution in [1.29, 1.82) is 0 Å². The molecule has 4 nitrogen and oxygen atoms in total. The van der Waals surface area contributed by atoms with E-state index in [-0.39, 0.29) is 0 Å². The summed E-state index contributed by atoms with van der Waals surface area (Å²) < 4.78 is 16.2. The predicted molar refractivity (Wildman–Crippen MR) is 88.3 cm³/mol. The number of likely N-dealkylation sites (N-methyl/N-ethyl adjacent to an activating group) is 1. The Kier molecular flexibility index (Phi) is 3.62. The molecule has 0 amide bonds. The van der Waals surface area contributed by atoms with Crippen LogP contribution >= 0.6 is 0 Å². The lowest BCUT2D eigenvalue weighted by atomic mass is 9.93. The van der Waals surface area contributed by atoms with E-state index in [1.165, 1.54) is 11.1 Å². The molecule has 2 heterocycles. The third-order valence-electron chi connectivity index (χ3n) is 4.92. The summed E-state index contributed by atoms with van der Waals surface area (Å²) in [6.45, 7) is 1.38. The van der Waals surface area contributed by atoms with E-state index < -0.39 is 0 Å². The maximum atomic E-state index is 5.51. The van der Waals surface area contributed by atoms with Gasteiger partial charge in [0.15, 0.2) is 11.5 Å². The number of fused-ring (bicyclic) bond motifs is 1. The van der Waals surface area contributed by atoms with Gasteiger partial charge in [0.05, 0.1) is 7.11 Å². The van der Waals surface area contributed by atoms with Crippen molar-refractivity contribution in [2.45, 2.75) is 18.4 Å². The molecular weight excluding hydrogens is 290 g/mol. The monoisotopic (exact) mass is 311 g/mol. The van der Waals surface area contributed by atoms with E-state index in [9.17, 15) is 0 Å². The van der Waals surface area contributed by atoms with Gasteiger partial charge >= 0.3 is 0 Å². The Labute approximate surface area is 136 Å². The number of hydrogen-bond donors (Lipinski definition) is 0. The van der Waals surface area contributed by atoms with Crippen LogP contribution in [0.4, 0.5) is 0 Å². The largest absolute Gasteiger partial charge is 0.497 e. The van der Waals surface area contributed by atoms with Crippen LogP contribution in [0, 0.1) is 0 Å². The summed E-state index contributed by atoms with van der Waals surface area (Å²) >= 11 is 0. The molecule has 2 aromatic carbocycles. The molecule has 0 unspecified atom stereocenters. The van der Waals surface area contributed by atoms with Crippen LogP contribution in [0.3, 0.4) is 0 Å². The Morgan fingerprint density at radius 3 is 2.52 bits per heavy atom. The number of rotatable bonds is 3. The second kappa shape index (κ2) is 5.78. The average molecular weight is 311 g/mol. The van der Waals surface area contributed by atoms with Crippen LogP contribution in [0.5, 0.6) is 17.2 Å². The van der Waals surface area contributed by atoms with E-state index >= 15 is 0 Å². The zero-order valence-corrected chi connectivity index (χ0v) is 13.5. The zero-order chi connectivity index (χ0) is 15.8. The van der Waals surface area contributed by atoms with Gasteiger partial charge in [0.1, 0.15) is 5.75 Å². The smallest absolute Gasteiger partial charge is 0.231 e. The van der Waals surface area contributed by atoms with Crippen molar-refractivity contribution in [1.82, 2.24) is 4.90 Å². The highest BCUT2D eigenvalue weighted by molar-refractivity contribution is 5.46. The van der Waals surface area contributed by atoms with Gasteiger partial charge in [0.25, 0.3) is 0 Å². The predicted octanol–water partition coefficient (Wildman–Crippen LogP) is 3.58. The average Bonchev–Trinajstić information content (AvgIpc) is 3.20. The van der Waals surface area contributed by atoms with Crippen molar-refractivity contribution in [3.8, 4) is 17.2 Å². The van der Waals surface area contributed by atoms with Crippen LogP contribution in [-0.2, 0) is 0 Å². The van der Waals surface area contributed by atoms with Crippen molar-refractivity contribution in [3.63, 3.8) is 0 Å². The third-order valence-corrected chi connectivity index (χ3v) is 4.92. The molecule has 4 rings (SSSR count). The molecule has 0 spiro atoms. The van der Waals surface area contributed by atoms with Crippen molar-refractivity contribution < 1.29 is 14.2 Å². The third kappa shape index (κ3) is 2.63. The SMILES string of the molecule is COc1ccc([C@H]2C[C@@H](c3ccc4c(c3)OCO4)CN2C)cc1. The van der Waals surface area contributed by atoms with Crippen molar-refractivity contribution in [3.05, 3.63) is 53.6 Å². The Morgan fingerprint density at radius 1 is 1.00 bits per heavy atom. The molecule has 2 aliphatic heterocycles. The van der Waals surface area contributed by atoms with Crippen LogP contribution in [0.2, 0.25) is 0 Å². The number of methoxy groups -OCH3 is 1. The van der Waals surface area contributed by atoms with Gasteiger partial charge in [-0.15, -0.1) is 0 Å². The molecule has 1 fully saturated rings. The summed E-state index contributed by atoms with van der Waals surface area (Å²) in [5.74, 6) is 3.15. The Bertz CT molecular complexity index is 698. The lowest BCUT2D eigenvalue weighted by Crippen LogP contribution is -2.18. The molecule has 2 aliphatic rings. The van der Waals surface area contributed by atoms with Gasteiger partial charge in [-0.05, 0) is 54.8 Å². The quantitative estimate of drug-likeness (QED) is 0.867. The van der Waals surface area contributed by atoms with E-state index in [0.717, 1.165) is 30.2 Å². The minimum Gasteiger partial charge on any atom is -0.497 e. The van der Waals surface area contributed by atoms with Gasteiger partial charge in [0, 0.05) is 12.6 Å². The first-order valence-electron chi connectivity index (χ1n) is 7.98. The van der Waals surface area contributed by atoms with Gasteiger partial charge in [-0.1, -0.05) is 18.2 Å². The Morgan fingerprint density at radius 2 is 1.74 bits per heavy atom. The molecule has 1 saturated heterocycles. The first kappa shape index (κ1) is 14.4. The van der Waals surface area contributed by atoms with Crippen LogP contribution in [0.15, 0.2) is 42.5 Å². The number of likely N-dealkylation sites (tertiary alicyclic amines) is 1. The molecule has 0 N–H and O–H groups in total. The fourth-order valence-electron chi connectivity index (χ4n) is 3.62. The normalized spacial score (nSPS) is 23.2. The van der Waals surface area contributed by atoms with Gasteiger partial charge in [0.2, 0.25) is 6.79 Å². The van der Waals surface area contributed by atoms with Gasteiger partial charge in [-0.3, -0.25) is 4.90 Å². The molecule has 120 valence electrons. The summed E-state index contributed by atoms with van der Waals surface area (Å²) in [4.78, 5) is 2.43. The summed E-state index contributed by atoms with van der Waals surface area (Å²) in [7, 11) is 3.90. The van der Waals surface area contributed by atoms with E-state index in [1.54, 1.807) is 7.11 Å². The van der Waals surface area contributed by atoms with E-state index in [2.05, 4.69) is 36.2 Å². The van der Waals surface area contributed by atoms with Gasteiger partial charge in [-0.25, -0.2) is 0 Å². The fraction of sp³-hybridized carbons (Fsp3) is 0.368. The first-order valence-corrected chi connectivity index (χ1v) is 7.98. The lowest BCUT2D eigenvalue weighted by molar-refractivity contribution is 0.174. The van der Waals surface area contributed by atoms with Crippen molar-refractivity contribution in [2.24, 2.45) is 0 Å². The minimum absolute atomic E-state index is 0.331. The second-order valence-electron chi connectivity index (χ2n) is 6.27. The topological polar surface area (TPSA) is 30.9 Å². The minimum atomic E-state index is 0.331. The highest BCUT2D eigenvalue weighted by Gasteiger charge is 2.32. The Hall–Kier alpha value is -2.20. The molecular formula is C19H21NO3. The van der Waals surface area contributed by atoms with E-state index in [4.69, 9.17) is 14.2 Å². The molecule has 2 aromatic rings. The number of benzene rings is 2. The van der Waals surface area contributed by atoms with E-state index in [0.29, 0.717) is 18.8 Å². The summed E-state index contributed by atoms with van der Waals surface area (Å²) in [5, 5.41) is 0. The molecule has 0 bridgehead atoms. The summed E-state index contributed by atoms with van der Waals surface area (Å²) in [5.41, 5.74) is 2.67. The van der Waals surface area contributed by atoms with Crippen LogP contribution in [0.25, 0.3) is 0 Å². The van der Waals surface area contributed by atoms with Crippen LogP contribution in [-0.4, -0.2) is 32.4 Å². The lowest BCUT2D eigenvalue weighted by Gasteiger charge is -2.19. The molecule has 0 saturated carbocycles. The summed E-state index contributed by atoms with van der Waals surface area (Å²) in [6, 6.07) is 15.2. The summed E-state index contributed by atoms with van der Waals surface area (Å²) in [6.07, 6.45) is 1.11. The maximum Gasteiger partial charge on any atom is 0.231 e. The molecule has 0 radical (unpaired) electrons. The number of nitrogens with zero attached hydrogens (tertiary/aromatic N) is 1. The number of hydrogen-bond acceptors (Lipinski definition) is 4. The highest BCUT2D eigenvalue weighted by Crippen LogP contribution is 2.42. The first-order chi connectivity index (χ1) is 11.2. The van der Waals surface area contributed by atoms with Crippen LogP contribution in [0.1, 0.15) is 29.5 Å². The Balaban J connectivity index is 1.54. The zero-order valence-electron chi connectivity index (χ0n) is 13.5. The van der Waals surface area contributed by atoms with Crippen LogP contribution < -0.4 is 14.2 Å². The van der Waals surface area contributed by atoms with E-state index in [1.807, 2.05) is 18.2 Å². The molecule has 4 heteroatoms. The maximum absolute atomic E-state index is 5.51. The fourth-order valence-corrected chi connectivity index (χ4v) is 3.62. The molecule has 23 heavy (non-hydrogen) atoms. The van der Waals surface area contributed by atoms with Crippen molar-refractivity contribution in [2.75, 3.05) is 27.5 Å². The number of ether oxygens (including phenoxy) is 3. The standard InChI is InChI=1S/C19H21NO3/c1-20-11-15(14-5-8-18-19(10-14)23-12-22-18)9-17(20)13-3-6-16(21-2)7-4-13/h3-8,10,15,17H,9,11-12H2,1-2H3/t15-,17-/m1/s1. The molecule has 0 aromatic heterocycles.